The second-order valence-electron chi connectivity index (χ2n) is 8.65. The fraction of sp³-hybridized carbons (Fsp3) is 0.478. The standard InChI is InChI=1S/C23H27N3O4/c1-3-16-10-20(29-21(16)12-24)22(28)25-13-17-11-23(17)6-4-15(5-7-23)9-19(27)18-8-14(2)30-26-18/h3,8,10,12,15,17,24H,1,4-7,9,11,13H2,2H3,(H,25,28). The monoisotopic (exact) mass is 409 g/mol. The van der Waals surface area contributed by atoms with Gasteiger partial charge in [0.25, 0.3) is 5.91 Å². The molecular weight excluding hydrogens is 382 g/mol. The molecule has 1 spiro atoms. The lowest BCUT2D eigenvalue weighted by molar-refractivity contribution is 0.0906. The molecule has 2 heterocycles. The quantitative estimate of drug-likeness (QED) is 0.496. The molecule has 4 rings (SSSR count). The highest BCUT2D eigenvalue weighted by Gasteiger charge is 2.54. The van der Waals surface area contributed by atoms with E-state index in [9.17, 15) is 9.59 Å². The number of carbonyl (C=O) groups is 2. The van der Waals surface area contributed by atoms with E-state index in [0.29, 0.717) is 53.0 Å². The highest BCUT2D eigenvalue weighted by Crippen LogP contribution is 2.62. The minimum Gasteiger partial charge on any atom is -0.449 e. The molecule has 30 heavy (non-hydrogen) atoms. The van der Waals surface area contributed by atoms with E-state index in [4.69, 9.17) is 14.3 Å². The average molecular weight is 409 g/mol. The first kappa shape index (κ1) is 20.3. The molecule has 1 unspecified atom stereocenters. The van der Waals surface area contributed by atoms with Gasteiger partial charge in [0, 0.05) is 24.6 Å². The lowest BCUT2D eigenvalue weighted by atomic mass is 9.76. The number of aromatic nitrogens is 1. The third-order valence-corrected chi connectivity index (χ3v) is 6.72. The zero-order valence-corrected chi connectivity index (χ0v) is 17.2. The van der Waals surface area contributed by atoms with Crippen LogP contribution in [0.4, 0.5) is 0 Å². The van der Waals surface area contributed by atoms with Gasteiger partial charge in [-0.25, -0.2) is 0 Å². The van der Waals surface area contributed by atoms with E-state index in [1.54, 1.807) is 25.1 Å². The third-order valence-electron chi connectivity index (χ3n) is 6.72. The molecule has 2 aliphatic rings. The summed E-state index contributed by atoms with van der Waals surface area (Å²) in [4.78, 5) is 24.7. The van der Waals surface area contributed by atoms with Crippen molar-refractivity contribution < 1.29 is 18.5 Å². The Morgan fingerprint density at radius 2 is 2.13 bits per heavy atom. The maximum atomic E-state index is 12.4. The van der Waals surface area contributed by atoms with Gasteiger partial charge >= 0.3 is 0 Å². The first-order valence-electron chi connectivity index (χ1n) is 10.5. The summed E-state index contributed by atoms with van der Waals surface area (Å²) in [5.41, 5.74) is 1.39. The molecule has 2 aromatic rings. The summed E-state index contributed by atoms with van der Waals surface area (Å²) in [6.07, 6.45) is 8.58. The maximum absolute atomic E-state index is 12.4. The summed E-state index contributed by atoms with van der Waals surface area (Å²) in [5, 5.41) is 14.1. The number of Topliss-reactive ketones (excluding diaryl/α,β-unsaturated/α-hetero) is 1. The predicted molar refractivity (Wildman–Crippen MR) is 112 cm³/mol. The number of hydrogen-bond acceptors (Lipinski definition) is 6. The molecule has 0 radical (unpaired) electrons. The van der Waals surface area contributed by atoms with Crippen molar-refractivity contribution in [3.05, 3.63) is 47.2 Å². The van der Waals surface area contributed by atoms with Crippen LogP contribution in [0.5, 0.6) is 0 Å². The van der Waals surface area contributed by atoms with Gasteiger partial charge in [0.15, 0.2) is 17.3 Å². The number of amides is 1. The lowest BCUT2D eigenvalue weighted by Gasteiger charge is -2.29. The first-order chi connectivity index (χ1) is 14.4. The molecule has 2 aliphatic carbocycles. The van der Waals surface area contributed by atoms with Gasteiger partial charge in [0.1, 0.15) is 11.5 Å². The Kier molecular flexibility index (Phi) is 5.45. The van der Waals surface area contributed by atoms with Crippen LogP contribution in [0.1, 0.15) is 76.7 Å². The second kappa shape index (κ2) is 8.05. The van der Waals surface area contributed by atoms with Crippen LogP contribution in [0.25, 0.3) is 6.08 Å². The molecule has 7 heteroatoms. The minimum atomic E-state index is -0.254. The molecule has 1 amide bonds. The van der Waals surface area contributed by atoms with Crippen LogP contribution >= 0.6 is 0 Å². The van der Waals surface area contributed by atoms with Gasteiger partial charge in [0.05, 0.1) is 6.21 Å². The van der Waals surface area contributed by atoms with Crippen LogP contribution in [0.3, 0.4) is 0 Å². The average Bonchev–Trinajstić information content (AvgIpc) is 3.08. The molecule has 2 saturated carbocycles. The van der Waals surface area contributed by atoms with Crippen LogP contribution in [0, 0.1) is 29.6 Å². The number of ketones is 1. The van der Waals surface area contributed by atoms with Crippen molar-refractivity contribution in [1.82, 2.24) is 10.5 Å². The molecule has 7 nitrogen and oxygen atoms in total. The van der Waals surface area contributed by atoms with Crippen LogP contribution in [0.15, 0.2) is 27.7 Å². The van der Waals surface area contributed by atoms with E-state index in [1.165, 1.54) is 0 Å². The minimum absolute atomic E-state index is 0.0639. The normalized spacial score (nSPS) is 25.1. The van der Waals surface area contributed by atoms with E-state index >= 15 is 0 Å². The number of nitrogens with one attached hydrogen (secondary N) is 2. The van der Waals surface area contributed by atoms with E-state index < -0.39 is 0 Å². The Morgan fingerprint density at radius 3 is 2.73 bits per heavy atom. The topological polar surface area (TPSA) is 109 Å². The summed E-state index contributed by atoms with van der Waals surface area (Å²) in [6, 6.07) is 3.32. The van der Waals surface area contributed by atoms with Crippen molar-refractivity contribution in [3.63, 3.8) is 0 Å². The van der Waals surface area contributed by atoms with Gasteiger partial charge in [-0.15, -0.1) is 0 Å². The lowest BCUT2D eigenvalue weighted by Crippen LogP contribution is -2.28. The van der Waals surface area contributed by atoms with Gasteiger partial charge < -0.3 is 19.7 Å². The zero-order chi connectivity index (χ0) is 21.3. The Balaban J connectivity index is 1.23. The first-order valence-corrected chi connectivity index (χ1v) is 10.5. The second-order valence-corrected chi connectivity index (χ2v) is 8.65. The smallest absolute Gasteiger partial charge is 0.287 e. The molecule has 0 aromatic carbocycles. The van der Waals surface area contributed by atoms with Crippen molar-refractivity contribution in [2.75, 3.05) is 6.54 Å². The van der Waals surface area contributed by atoms with E-state index in [1.807, 2.05) is 0 Å². The number of furan rings is 1. The van der Waals surface area contributed by atoms with Gasteiger partial charge in [-0.2, -0.15) is 0 Å². The molecule has 0 bridgehead atoms. The fourth-order valence-electron chi connectivity index (χ4n) is 4.76. The summed E-state index contributed by atoms with van der Waals surface area (Å²) in [5.74, 6) is 1.90. The molecule has 2 N–H and O–H groups in total. The predicted octanol–water partition coefficient (Wildman–Crippen LogP) is 4.42. The van der Waals surface area contributed by atoms with Crippen molar-refractivity contribution in [1.29, 1.82) is 5.41 Å². The number of carbonyl (C=O) groups excluding carboxylic acids is 2. The highest BCUT2D eigenvalue weighted by atomic mass is 16.5. The SMILES string of the molecule is C=Cc1cc(C(=O)NCC2CC23CCC(CC(=O)c2cc(C)on2)CC3)oc1C=N. The summed E-state index contributed by atoms with van der Waals surface area (Å²) >= 11 is 0. The number of aryl methyl sites for hydroxylation is 1. The van der Waals surface area contributed by atoms with E-state index in [-0.39, 0.29) is 17.5 Å². The van der Waals surface area contributed by atoms with Crippen LogP contribution < -0.4 is 5.32 Å². The number of rotatable bonds is 8. The molecule has 2 aromatic heterocycles. The van der Waals surface area contributed by atoms with Gasteiger partial charge in [-0.05, 0) is 62.3 Å². The van der Waals surface area contributed by atoms with Crippen molar-refractivity contribution >= 4 is 24.0 Å². The Bertz CT molecular complexity index is 953. The van der Waals surface area contributed by atoms with Gasteiger partial charge in [0.2, 0.25) is 0 Å². The van der Waals surface area contributed by atoms with Gasteiger partial charge in [-0.3, -0.25) is 9.59 Å². The summed E-state index contributed by atoms with van der Waals surface area (Å²) in [7, 11) is 0. The Hall–Kier alpha value is -2.96. The maximum Gasteiger partial charge on any atom is 0.287 e. The Labute approximate surface area is 175 Å². The molecule has 1 atom stereocenters. The van der Waals surface area contributed by atoms with E-state index in [0.717, 1.165) is 38.3 Å². The van der Waals surface area contributed by atoms with E-state index in [2.05, 4.69) is 17.1 Å². The number of hydrogen-bond donors (Lipinski definition) is 2. The van der Waals surface area contributed by atoms with Crippen molar-refractivity contribution in [3.8, 4) is 0 Å². The van der Waals surface area contributed by atoms with Crippen molar-refractivity contribution in [2.45, 2.75) is 45.4 Å². The Morgan fingerprint density at radius 1 is 1.37 bits per heavy atom. The van der Waals surface area contributed by atoms with Crippen LogP contribution in [-0.4, -0.2) is 29.6 Å². The molecule has 158 valence electrons. The number of nitrogens with zero attached hydrogens (tertiary/aromatic N) is 1. The highest BCUT2D eigenvalue weighted by molar-refractivity contribution is 5.94. The van der Waals surface area contributed by atoms with Gasteiger partial charge in [-0.1, -0.05) is 17.8 Å². The third kappa shape index (κ3) is 4.01. The van der Waals surface area contributed by atoms with Crippen LogP contribution in [0.2, 0.25) is 0 Å². The summed E-state index contributed by atoms with van der Waals surface area (Å²) in [6.45, 7) is 6.09. The molecule has 2 fully saturated rings. The largest absolute Gasteiger partial charge is 0.449 e. The summed E-state index contributed by atoms with van der Waals surface area (Å²) < 4.78 is 10.4. The zero-order valence-electron chi connectivity index (χ0n) is 17.2. The van der Waals surface area contributed by atoms with Crippen molar-refractivity contribution in [2.24, 2.45) is 17.3 Å². The van der Waals surface area contributed by atoms with Crippen LogP contribution in [-0.2, 0) is 0 Å². The molecule has 0 saturated heterocycles. The molecule has 0 aliphatic heterocycles. The fourth-order valence-corrected chi connectivity index (χ4v) is 4.76. The molecular formula is C23H27N3O4.